The number of halogens is 1. The van der Waals surface area contributed by atoms with Crippen LogP contribution in [0.2, 0.25) is 5.02 Å². The lowest BCUT2D eigenvalue weighted by Crippen LogP contribution is -2.32. The maximum absolute atomic E-state index is 12.5. The third-order valence-corrected chi connectivity index (χ3v) is 4.65. The summed E-state index contributed by atoms with van der Waals surface area (Å²) in [5.74, 6) is -0.0742. The summed E-state index contributed by atoms with van der Waals surface area (Å²) in [6.45, 7) is 3.97. The van der Waals surface area contributed by atoms with Crippen LogP contribution in [0.25, 0.3) is 11.4 Å². The standard InChI is InChI=1S/C21H20ClN3O2/c1-3-14-4-6-15(7-5-14)13(2)24-20(26)18-12-23-19(25-21(18)27)16-8-10-17(22)11-9-16/h4-13H,3H2,1-2H3,(H,24,26)(H,23,25,27). The van der Waals surface area contributed by atoms with E-state index in [1.165, 1.54) is 11.8 Å². The highest BCUT2D eigenvalue weighted by Gasteiger charge is 2.16. The maximum Gasteiger partial charge on any atom is 0.264 e. The van der Waals surface area contributed by atoms with Crippen LogP contribution >= 0.6 is 11.6 Å². The summed E-state index contributed by atoms with van der Waals surface area (Å²) in [5.41, 5.74) is 2.41. The molecular formula is C21H20ClN3O2. The lowest BCUT2D eigenvalue weighted by atomic mass is 10.0. The minimum Gasteiger partial charge on any atom is -0.345 e. The number of hydrogen-bond donors (Lipinski definition) is 2. The molecule has 2 aromatic carbocycles. The van der Waals surface area contributed by atoms with Gasteiger partial charge < -0.3 is 10.3 Å². The predicted octanol–water partition coefficient (Wildman–Crippen LogP) is 4.14. The Bertz CT molecular complexity index is 995. The molecule has 0 spiro atoms. The quantitative estimate of drug-likeness (QED) is 0.697. The lowest BCUT2D eigenvalue weighted by molar-refractivity contribution is 0.0938. The number of rotatable bonds is 5. The van der Waals surface area contributed by atoms with Crippen molar-refractivity contribution < 1.29 is 4.79 Å². The molecular weight excluding hydrogens is 362 g/mol. The summed E-state index contributed by atoms with van der Waals surface area (Å²) in [6, 6.07) is 14.7. The average Bonchev–Trinajstić information content (AvgIpc) is 2.68. The molecule has 1 heterocycles. The number of nitrogens with zero attached hydrogens (tertiary/aromatic N) is 1. The molecule has 2 N–H and O–H groups in total. The molecule has 1 aromatic heterocycles. The van der Waals surface area contributed by atoms with Crippen molar-refractivity contribution in [1.82, 2.24) is 15.3 Å². The Labute approximate surface area is 162 Å². The highest BCUT2D eigenvalue weighted by molar-refractivity contribution is 6.30. The summed E-state index contributed by atoms with van der Waals surface area (Å²) < 4.78 is 0. The monoisotopic (exact) mass is 381 g/mol. The van der Waals surface area contributed by atoms with Crippen molar-refractivity contribution in [3.05, 3.63) is 86.8 Å². The van der Waals surface area contributed by atoms with Crippen molar-refractivity contribution in [2.24, 2.45) is 0 Å². The van der Waals surface area contributed by atoms with Gasteiger partial charge in [-0.3, -0.25) is 9.59 Å². The van der Waals surface area contributed by atoms with E-state index in [4.69, 9.17) is 11.6 Å². The van der Waals surface area contributed by atoms with Gasteiger partial charge in [0.25, 0.3) is 11.5 Å². The molecule has 0 aliphatic carbocycles. The molecule has 5 nitrogen and oxygen atoms in total. The van der Waals surface area contributed by atoms with Gasteiger partial charge in [-0.1, -0.05) is 42.8 Å². The van der Waals surface area contributed by atoms with Gasteiger partial charge in [-0.25, -0.2) is 4.98 Å². The van der Waals surface area contributed by atoms with E-state index in [1.54, 1.807) is 24.3 Å². The van der Waals surface area contributed by atoms with Gasteiger partial charge in [0.1, 0.15) is 11.4 Å². The molecule has 1 atom stereocenters. The van der Waals surface area contributed by atoms with Crippen LogP contribution in [-0.2, 0) is 6.42 Å². The van der Waals surface area contributed by atoms with E-state index in [0.717, 1.165) is 12.0 Å². The molecule has 6 heteroatoms. The molecule has 0 fully saturated rings. The number of H-pyrrole nitrogens is 1. The number of aromatic amines is 1. The first-order chi connectivity index (χ1) is 13.0. The van der Waals surface area contributed by atoms with Crippen LogP contribution in [0.15, 0.2) is 59.5 Å². The van der Waals surface area contributed by atoms with Crippen LogP contribution < -0.4 is 10.9 Å². The Hall–Kier alpha value is -2.92. The molecule has 138 valence electrons. The third-order valence-electron chi connectivity index (χ3n) is 4.40. The van der Waals surface area contributed by atoms with Crippen LogP contribution in [0.4, 0.5) is 0 Å². The van der Waals surface area contributed by atoms with Gasteiger partial charge in [-0.05, 0) is 48.7 Å². The molecule has 0 bridgehead atoms. The van der Waals surface area contributed by atoms with Gasteiger partial charge >= 0.3 is 0 Å². The van der Waals surface area contributed by atoms with Gasteiger partial charge in [0.15, 0.2) is 0 Å². The first-order valence-electron chi connectivity index (χ1n) is 8.73. The van der Waals surface area contributed by atoms with Crippen molar-refractivity contribution in [2.45, 2.75) is 26.3 Å². The predicted molar refractivity (Wildman–Crippen MR) is 107 cm³/mol. The summed E-state index contributed by atoms with van der Waals surface area (Å²) in [4.78, 5) is 31.7. The van der Waals surface area contributed by atoms with Crippen LogP contribution in [0.3, 0.4) is 0 Å². The first kappa shape index (κ1) is 18.9. The Balaban J connectivity index is 1.76. The van der Waals surface area contributed by atoms with Crippen LogP contribution in [0.1, 0.15) is 41.4 Å². The van der Waals surface area contributed by atoms with Crippen molar-refractivity contribution in [2.75, 3.05) is 0 Å². The third kappa shape index (κ3) is 4.44. The van der Waals surface area contributed by atoms with E-state index < -0.39 is 11.5 Å². The summed E-state index contributed by atoms with van der Waals surface area (Å²) in [7, 11) is 0. The first-order valence-corrected chi connectivity index (χ1v) is 9.10. The Kier molecular flexibility index (Phi) is 5.72. The van der Waals surface area contributed by atoms with E-state index in [2.05, 4.69) is 22.2 Å². The second kappa shape index (κ2) is 8.18. The van der Waals surface area contributed by atoms with Gasteiger partial charge in [0.05, 0.1) is 6.04 Å². The molecule has 0 saturated heterocycles. The second-order valence-electron chi connectivity index (χ2n) is 6.27. The van der Waals surface area contributed by atoms with Gasteiger partial charge in [-0.15, -0.1) is 0 Å². The zero-order chi connectivity index (χ0) is 19.4. The van der Waals surface area contributed by atoms with Crippen LogP contribution in [-0.4, -0.2) is 15.9 Å². The van der Waals surface area contributed by atoms with Crippen molar-refractivity contribution >= 4 is 17.5 Å². The Morgan fingerprint density at radius 1 is 1.15 bits per heavy atom. The van der Waals surface area contributed by atoms with Gasteiger partial charge in [-0.2, -0.15) is 0 Å². The number of nitrogens with one attached hydrogen (secondary N) is 2. The largest absolute Gasteiger partial charge is 0.345 e. The highest BCUT2D eigenvalue weighted by atomic mass is 35.5. The topological polar surface area (TPSA) is 74.8 Å². The maximum atomic E-state index is 12.5. The zero-order valence-electron chi connectivity index (χ0n) is 15.1. The van der Waals surface area contributed by atoms with Crippen LogP contribution in [0, 0.1) is 0 Å². The molecule has 0 aliphatic heterocycles. The normalized spacial score (nSPS) is 11.8. The summed E-state index contributed by atoms with van der Waals surface area (Å²) >= 11 is 5.87. The number of aryl methyl sites for hydroxylation is 1. The van der Waals surface area contributed by atoms with E-state index in [1.807, 2.05) is 31.2 Å². The molecule has 0 aliphatic rings. The number of hydrogen-bond acceptors (Lipinski definition) is 3. The number of benzene rings is 2. The van der Waals surface area contributed by atoms with Gasteiger partial charge in [0, 0.05) is 16.8 Å². The van der Waals surface area contributed by atoms with E-state index in [-0.39, 0.29) is 11.6 Å². The lowest BCUT2D eigenvalue weighted by Gasteiger charge is -2.14. The molecule has 1 unspecified atom stereocenters. The number of amides is 1. The fourth-order valence-corrected chi connectivity index (χ4v) is 2.84. The molecule has 1 amide bonds. The average molecular weight is 382 g/mol. The minimum absolute atomic E-state index is 0.0234. The second-order valence-corrected chi connectivity index (χ2v) is 6.71. The molecule has 0 radical (unpaired) electrons. The highest BCUT2D eigenvalue weighted by Crippen LogP contribution is 2.17. The summed E-state index contributed by atoms with van der Waals surface area (Å²) in [5, 5.41) is 3.44. The molecule has 3 rings (SSSR count). The van der Waals surface area contributed by atoms with E-state index >= 15 is 0 Å². The van der Waals surface area contributed by atoms with Crippen molar-refractivity contribution in [3.63, 3.8) is 0 Å². The fourth-order valence-electron chi connectivity index (χ4n) is 2.71. The summed E-state index contributed by atoms with van der Waals surface area (Å²) in [6.07, 6.45) is 2.26. The van der Waals surface area contributed by atoms with Gasteiger partial charge in [0.2, 0.25) is 0 Å². The fraction of sp³-hybridized carbons (Fsp3) is 0.190. The number of aromatic nitrogens is 2. The van der Waals surface area contributed by atoms with E-state index in [0.29, 0.717) is 16.4 Å². The van der Waals surface area contributed by atoms with Crippen molar-refractivity contribution in [3.8, 4) is 11.4 Å². The zero-order valence-corrected chi connectivity index (χ0v) is 15.9. The minimum atomic E-state index is -0.485. The smallest absolute Gasteiger partial charge is 0.264 e. The SMILES string of the molecule is CCc1ccc(C(C)NC(=O)c2cnc(-c3ccc(Cl)cc3)[nH]c2=O)cc1. The molecule has 27 heavy (non-hydrogen) atoms. The Morgan fingerprint density at radius 2 is 1.81 bits per heavy atom. The molecule has 3 aromatic rings. The van der Waals surface area contributed by atoms with Crippen LogP contribution in [0.5, 0.6) is 0 Å². The number of carbonyl (C=O) groups is 1. The molecule has 0 saturated carbocycles. The van der Waals surface area contributed by atoms with Crippen molar-refractivity contribution in [1.29, 1.82) is 0 Å². The van der Waals surface area contributed by atoms with E-state index in [9.17, 15) is 9.59 Å². The number of carbonyl (C=O) groups excluding carboxylic acids is 1. The Morgan fingerprint density at radius 3 is 2.41 bits per heavy atom.